The Morgan fingerprint density at radius 3 is 2.67 bits per heavy atom. The molecule has 0 aliphatic heterocycles. The average Bonchev–Trinajstić information content (AvgIpc) is 2.38. The number of hydrogen-bond donors (Lipinski definition) is 3. The molecule has 6 heteroatoms. The Kier molecular flexibility index (Phi) is 5.79. The topological polar surface area (TPSA) is 91.3 Å². The third-order valence-corrected chi connectivity index (χ3v) is 2.31. The summed E-state index contributed by atoms with van der Waals surface area (Å²) in [7, 11) is 0. The predicted molar refractivity (Wildman–Crippen MR) is 66.7 cm³/mol. The van der Waals surface area contributed by atoms with Crippen LogP contribution in [0.1, 0.15) is 34.2 Å². The van der Waals surface area contributed by atoms with E-state index in [2.05, 4.69) is 15.6 Å². The number of carboxylic acids is 1. The van der Waals surface area contributed by atoms with Gasteiger partial charge in [-0.1, -0.05) is 6.92 Å². The summed E-state index contributed by atoms with van der Waals surface area (Å²) in [5.74, 6) is -1.34. The number of amides is 1. The first-order valence-corrected chi connectivity index (χ1v) is 5.83. The Hall–Kier alpha value is -1.95. The number of aromatic nitrogens is 1. The zero-order chi connectivity index (χ0) is 13.4. The summed E-state index contributed by atoms with van der Waals surface area (Å²) in [4.78, 5) is 26.0. The van der Waals surface area contributed by atoms with Crippen LogP contribution in [-0.4, -0.2) is 41.6 Å². The minimum absolute atomic E-state index is 0.0682. The van der Waals surface area contributed by atoms with Crippen molar-refractivity contribution in [3.8, 4) is 0 Å². The first kappa shape index (κ1) is 14.1. The Bertz CT molecular complexity index is 404. The summed E-state index contributed by atoms with van der Waals surface area (Å²) < 4.78 is 0. The van der Waals surface area contributed by atoms with Crippen molar-refractivity contribution in [3.05, 3.63) is 29.6 Å². The minimum Gasteiger partial charge on any atom is -0.478 e. The van der Waals surface area contributed by atoms with Crippen molar-refractivity contribution in [2.75, 3.05) is 19.6 Å². The summed E-state index contributed by atoms with van der Waals surface area (Å²) in [6, 6.07) is 2.77. The lowest BCUT2D eigenvalue weighted by molar-refractivity contribution is 0.0695. The summed E-state index contributed by atoms with van der Waals surface area (Å²) in [6.07, 6.45) is 2.02. The molecule has 0 aliphatic rings. The van der Waals surface area contributed by atoms with Gasteiger partial charge in [0.25, 0.3) is 5.91 Å². The van der Waals surface area contributed by atoms with Gasteiger partial charge in [0.1, 0.15) is 5.69 Å². The lowest BCUT2D eigenvalue weighted by Crippen LogP contribution is -2.28. The molecule has 0 bridgehead atoms. The molecule has 0 fully saturated rings. The molecule has 1 aromatic heterocycles. The lowest BCUT2D eigenvalue weighted by Gasteiger charge is -2.05. The number of carboxylic acid groups (broad SMARTS) is 1. The number of carbonyl (C=O) groups excluding carboxylic acids is 1. The van der Waals surface area contributed by atoms with Crippen molar-refractivity contribution < 1.29 is 14.7 Å². The van der Waals surface area contributed by atoms with Gasteiger partial charge >= 0.3 is 5.97 Å². The van der Waals surface area contributed by atoms with Crippen LogP contribution in [0.15, 0.2) is 18.3 Å². The van der Waals surface area contributed by atoms with E-state index in [1.807, 2.05) is 6.92 Å². The average molecular weight is 251 g/mol. The van der Waals surface area contributed by atoms with Crippen LogP contribution in [0, 0.1) is 0 Å². The fourth-order valence-electron chi connectivity index (χ4n) is 1.34. The fraction of sp³-hybridized carbons (Fsp3) is 0.417. The van der Waals surface area contributed by atoms with Crippen molar-refractivity contribution >= 4 is 11.9 Å². The largest absolute Gasteiger partial charge is 0.478 e. The van der Waals surface area contributed by atoms with E-state index in [-0.39, 0.29) is 17.2 Å². The van der Waals surface area contributed by atoms with Gasteiger partial charge in [0.2, 0.25) is 0 Å². The van der Waals surface area contributed by atoms with Crippen LogP contribution in [0.3, 0.4) is 0 Å². The molecule has 0 aliphatic carbocycles. The van der Waals surface area contributed by atoms with Gasteiger partial charge in [-0.05, 0) is 31.6 Å². The molecular formula is C12H17N3O3. The van der Waals surface area contributed by atoms with E-state index in [4.69, 9.17) is 5.11 Å². The van der Waals surface area contributed by atoms with Crippen LogP contribution in [0.5, 0.6) is 0 Å². The highest BCUT2D eigenvalue weighted by atomic mass is 16.4. The van der Waals surface area contributed by atoms with Gasteiger partial charge in [0.05, 0.1) is 5.56 Å². The standard InChI is InChI=1S/C12H17N3O3/c1-2-13-6-3-7-14-11(16)10-5-4-9(8-15-10)12(17)18/h4-5,8,13H,2-3,6-7H2,1H3,(H,14,16)(H,17,18). The highest BCUT2D eigenvalue weighted by Gasteiger charge is 2.08. The zero-order valence-corrected chi connectivity index (χ0v) is 10.3. The number of aromatic carboxylic acids is 1. The molecule has 0 saturated carbocycles. The smallest absolute Gasteiger partial charge is 0.337 e. The Balaban J connectivity index is 2.39. The molecule has 0 atom stereocenters. The molecule has 98 valence electrons. The summed E-state index contributed by atoms with van der Waals surface area (Å²) >= 11 is 0. The van der Waals surface area contributed by atoms with Gasteiger partial charge in [0.15, 0.2) is 0 Å². The van der Waals surface area contributed by atoms with Crippen LogP contribution in [0.4, 0.5) is 0 Å². The van der Waals surface area contributed by atoms with Crippen molar-refractivity contribution in [2.24, 2.45) is 0 Å². The van der Waals surface area contributed by atoms with Gasteiger partial charge < -0.3 is 15.7 Å². The molecule has 0 unspecified atom stereocenters. The minimum atomic E-state index is -1.06. The van der Waals surface area contributed by atoms with E-state index >= 15 is 0 Å². The molecule has 6 nitrogen and oxygen atoms in total. The SMILES string of the molecule is CCNCCCNC(=O)c1ccc(C(=O)O)cn1. The molecular weight excluding hydrogens is 234 g/mol. The van der Waals surface area contributed by atoms with Gasteiger partial charge in [-0.15, -0.1) is 0 Å². The third-order valence-electron chi connectivity index (χ3n) is 2.31. The molecule has 1 rings (SSSR count). The molecule has 18 heavy (non-hydrogen) atoms. The zero-order valence-electron chi connectivity index (χ0n) is 10.3. The number of hydrogen-bond acceptors (Lipinski definition) is 4. The number of rotatable bonds is 7. The molecule has 1 amide bonds. The second kappa shape index (κ2) is 7.39. The van der Waals surface area contributed by atoms with Crippen LogP contribution in [-0.2, 0) is 0 Å². The van der Waals surface area contributed by atoms with E-state index in [1.165, 1.54) is 18.3 Å². The third kappa shape index (κ3) is 4.50. The van der Waals surface area contributed by atoms with Crippen molar-refractivity contribution in [3.63, 3.8) is 0 Å². The Labute approximate surface area is 105 Å². The molecule has 0 saturated heterocycles. The van der Waals surface area contributed by atoms with Crippen LogP contribution >= 0.6 is 0 Å². The highest BCUT2D eigenvalue weighted by Crippen LogP contribution is 2.00. The van der Waals surface area contributed by atoms with Gasteiger partial charge in [0, 0.05) is 12.7 Å². The second-order valence-electron chi connectivity index (χ2n) is 3.70. The molecule has 0 radical (unpaired) electrons. The van der Waals surface area contributed by atoms with E-state index in [0.717, 1.165) is 19.5 Å². The van der Waals surface area contributed by atoms with Crippen LogP contribution < -0.4 is 10.6 Å². The normalized spacial score (nSPS) is 10.1. The maximum atomic E-state index is 11.6. The van der Waals surface area contributed by atoms with Gasteiger partial charge in [-0.25, -0.2) is 4.79 Å². The van der Waals surface area contributed by atoms with E-state index in [9.17, 15) is 9.59 Å². The second-order valence-corrected chi connectivity index (χ2v) is 3.70. The monoisotopic (exact) mass is 251 g/mol. The quantitative estimate of drug-likeness (QED) is 0.614. The predicted octanol–water partition coefficient (Wildman–Crippen LogP) is 0.509. The number of nitrogens with zero attached hydrogens (tertiary/aromatic N) is 1. The summed E-state index contributed by atoms with van der Waals surface area (Å²) in [6.45, 7) is 4.34. The Morgan fingerprint density at radius 1 is 1.33 bits per heavy atom. The lowest BCUT2D eigenvalue weighted by atomic mass is 10.2. The summed E-state index contributed by atoms with van der Waals surface area (Å²) in [5.41, 5.74) is 0.294. The number of pyridine rings is 1. The molecule has 0 aromatic carbocycles. The number of nitrogens with one attached hydrogen (secondary N) is 2. The Morgan fingerprint density at radius 2 is 2.11 bits per heavy atom. The fourth-order valence-corrected chi connectivity index (χ4v) is 1.34. The highest BCUT2D eigenvalue weighted by molar-refractivity contribution is 5.93. The van der Waals surface area contributed by atoms with Crippen molar-refractivity contribution in [1.29, 1.82) is 0 Å². The van der Waals surface area contributed by atoms with Crippen LogP contribution in [0.25, 0.3) is 0 Å². The first-order valence-electron chi connectivity index (χ1n) is 5.83. The maximum Gasteiger partial charge on any atom is 0.337 e. The van der Waals surface area contributed by atoms with Gasteiger partial charge in [-0.2, -0.15) is 0 Å². The molecule has 1 aromatic rings. The van der Waals surface area contributed by atoms with Crippen molar-refractivity contribution in [1.82, 2.24) is 15.6 Å². The number of carbonyl (C=O) groups is 2. The maximum absolute atomic E-state index is 11.6. The van der Waals surface area contributed by atoms with E-state index in [1.54, 1.807) is 0 Å². The molecule has 3 N–H and O–H groups in total. The molecule has 1 heterocycles. The summed E-state index contributed by atoms with van der Waals surface area (Å²) in [5, 5.41) is 14.6. The van der Waals surface area contributed by atoms with E-state index in [0.29, 0.717) is 6.54 Å². The van der Waals surface area contributed by atoms with Crippen LogP contribution in [0.2, 0.25) is 0 Å². The first-order chi connectivity index (χ1) is 8.65. The molecule has 0 spiro atoms. The van der Waals surface area contributed by atoms with Crippen molar-refractivity contribution in [2.45, 2.75) is 13.3 Å². The van der Waals surface area contributed by atoms with E-state index < -0.39 is 5.97 Å². The van der Waals surface area contributed by atoms with Gasteiger partial charge in [-0.3, -0.25) is 9.78 Å².